The van der Waals surface area contributed by atoms with E-state index < -0.39 is 0 Å². The first-order valence-electron chi connectivity index (χ1n) is 3.88. The first-order valence-corrected chi connectivity index (χ1v) is 4.32. The molecule has 0 radical (unpaired) electrons. The predicted molar refractivity (Wildman–Crippen MR) is 56.6 cm³/mol. The number of hydrogen-bond acceptors (Lipinski definition) is 3. The van der Waals surface area contributed by atoms with Crippen LogP contribution in [0.4, 0.5) is 0 Å². The smallest absolute Gasteiger partial charge is 0.200 e. The van der Waals surface area contributed by atoms with Gasteiger partial charge in [0.25, 0.3) is 0 Å². The molecule has 2 N–H and O–H groups in total. The van der Waals surface area contributed by atoms with Crippen LogP contribution in [-0.2, 0) is 0 Å². The Morgan fingerprint density at radius 2 is 1.85 bits per heavy atom. The number of Topliss-reactive ketones (excluding diaryl/α,β-unsaturated/α-hetero) is 1. The molecular formula is C10H11NOS. The molecule has 0 fully saturated rings. The standard InChI is InChI=1S/C10H11NOS/c1-7(11)10(13)9(12)8-5-3-2-4-6-8/h2-6,13H,11H2,1H3/b10-7+. The van der Waals surface area contributed by atoms with Crippen LogP contribution in [0, 0.1) is 0 Å². The monoisotopic (exact) mass is 193 g/mol. The van der Waals surface area contributed by atoms with Crippen molar-refractivity contribution in [1.29, 1.82) is 0 Å². The molecule has 0 saturated heterocycles. The first-order chi connectivity index (χ1) is 6.13. The topological polar surface area (TPSA) is 43.1 Å². The Hall–Kier alpha value is -1.22. The van der Waals surface area contributed by atoms with Crippen molar-refractivity contribution in [1.82, 2.24) is 0 Å². The van der Waals surface area contributed by atoms with Crippen LogP contribution in [0.25, 0.3) is 0 Å². The molecule has 0 heterocycles. The quantitative estimate of drug-likeness (QED) is 0.428. The van der Waals surface area contributed by atoms with Gasteiger partial charge < -0.3 is 5.73 Å². The van der Waals surface area contributed by atoms with Crippen LogP contribution in [0.5, 0.6) is 0 Å². The third-order valence-corrected chi connectivity index (χ3v) is 2.18. The second-order valence-corrected chi connectivity index (χ2v) is 3.17. The van der Waals surface area contributed by atoms with Crippen molar-refractivity contribution in [3.05, 3.63) is 46.5 Å². The maximum atomic E-state index is 11.6. The molecule has 0 saturated carbocycles. The summed E-state index contributed by atoms with van der Waals surface area (Å²) < 4.78 is 0. The lowest BCUT2D eigenvalue weighted by Crippen LogP contribution is -2.05. The molecule has 0 aliphatic carbocycles. The zero-order valence-corrected chi connectivity index (χ0v) is 8.21. The molecule has 3 heteroatoms. The Kier molecular flexibility index (Phi) is 3.14. The van der Waals surface area contributed by atoms with E-state index in [1.807, 2.05) is 6.07 Å². The average molecular weight is 193 g/mol. The van der Waals surface area contributed by atoms with E-state index in [4.69, 9.17) is 5.73 Å². The highest BCUT2D eigenvalue weighted by molar-refractivity contribution is 7.85. The number of ketones is 1. The number of allylic oxidation sites excluding steroid dienone is 2. The highest BCUT2D eigenvalue weighted by Gasteiger charge is 2.09. The van der Waals surface area contributed by atoms with Gasteiger partial charge in [-0.2, -0.15) is 0 Å². The molecule has 0 amide bonds. The second kappa shape index (κ2) is 4.14. The maximum Gasteiger partial charge on any atom is 0.200 e. The Morgan fingerprint density at radius 3 is 2.31 bits per heavy atom. The van der Waals surface area contributed by atoms with Crippen LogP contribution < -0.4 is 5.73 Å². The summed E-state index contributed by atoms with van der Waals surface area (Å²) in [5, 5.41) is 0. The van der Waals surface area contributed by atoms with Crippen molar-refractivity contribution in [2.24, 2.45) is 5.73 Å². The van der Waals surface area contributed by atoms with E-state index in [1.54, 1.807) is 31.2 Å². The molecule has 0 spiro atoms. The van der Waals surface area contributed by atoms with E-state index >= 15 is 0 Å². The van der Waals surface area contributed by atoms with Gasteiger partial charge in [-0.1, -0.05) is 30.3 Å². The predicted octanol–water partition coefficient (Wildman–Crippen LogP) is 1.99. The maximum absolute atomic E-state index is 11.6. The summed E-state index contributed by atoms with van der Waals surface area (Å²) in [6, 6.07) is 8.94. The van der Waals surface area contributed by atoms with Crippen LogP contribution in [0.1, 0.15) is 17.3 Å². The van der Waals surface area contributed by atoms with Gasteiger partial charge in [0.1, 0.15) is 0 Å². The number of hydrogen-bond donors (Lipinski definition) is 2. The third kappa shape index (κ3) is 2.36. The fourth-order valence-electron chi connectivity index (χ4n) is 0.905. The number of carbonyl (C=O) groups excluding carboxylic acids is 1. The molecule has 0 atom stereocenters. The zero-order chi connectivity index (χ0) is 9.84. The highest BCUT2D eigenvalue weighted by Crippen LogP contribution is 2.12. The van der Waals surface area contributed by atoms with Crippen molar-refractivity contribution in [2.75, 3.05) is 0 Å². The van der Waals surface area contributed by atoms with Crippen molar-refractivity contribution in [2.45, 2.75) is 6.92 Å². The number of thiol groups is 1. The van der Waals surface area contributed by atoms with E-state index in [-0.39, 0.29) is 5.78 Å². The molecule has 0 bridgehead atoms. The van der Waals surface area contributed by atoms with Gasteiger partial charge in [0.15, 0.2) is 0 Å². The van der Waals surface area contributed by atoms with Gasteiger partial charge in [0, 0.05) is 11.3 Å². The van der Waals surface area contributed by atoms with Gasteiger partial charge in [-0.25, -0.2) is 0 Å². The highest BCUT2D eigenvalue weighted by atomic mass is 32.1. The van der Waals surface area contributed by atoms with Crippen LogP contribution in [0.2, 0.25) is 0 Å². The zero-order valence-electron chi connectivity index (χ0n) is 7.32. The molecule has 1 aromatic carbocycles. The van der Waals surface area contributed by atoms with Crippen molar-refractivity contribution in [3.63, 3.8) is 0 Å². The first kappa shape index (κ1) is 9.86. The number of carbonyl (C=O) groups is 1. The molecule has 13 heavy (non-hydrogen) atoms. The lowest BCUT2D eigenvalue weighted by atomic mass is 10.1. The van der Waals surface area contributed by atoms with E-state index in [1.165, 1.54) is 0 Å². The second-order valence-electron chi connectivity index (χ2n) is 2.73. The van der Waals surface area contributed by atoms with Crippen LogP contribution in [0.15, 0.2) is 40.9 Å². The average Bonchev–Trinajstić information content (AvgIpc) is 2.17. The summed E-state index contributed by atoms with van der Waals surface area (Å²) in [4.78, 5) is 11.9. The van der Waals surface area contributed by atoms with E-state index in [9.17, 15) is 4.79 Å². The number of rotatable bonds is 2. The third-order valence-electron chi connectivity index (χ3n) is 1.62. The summed E-state index contributed by atoms with van der Waals surface area (Å²) in [5.41, 5.74) is 6.51. The molecule has 2 nitrogen and oxygen atoms in total. The summed E-state index contributed by atoms with van der Waals surface area (Å²) >= 11 is 4.04. The van der Waals surface area contributed by atoms with E-state index in [0.29, 0.717) is 16.2 Å². The van der Waals surface area contributed by atoms with Crippen molar-refractivity contribution in [3.8, 4) is 0 Å². The Bertz CT molecular complexity index is 339. The van der Waals surface area contributed by atoms with Crippen LogP contribution in [-0.4, -0.2) is 5.78 Å². The molecular weight excluding hydrogens is 182 g/mol. The Morgan fingerprint density at radius 1 is 1.31 bits per heavy atom. The fourth-order valence-corrected chi connectivity index (χ4v) is 1.03. The SMILES string of the molecule is C/C(N)=C(\S)C(=O)c1ccccc1. The molecule has 68 valence electrons. The van der Waals surface area contributed by atoms with Gasteiger partial charge >= 0.3 is 0 Å². The molecule has 0 aliphatic rings. The summed E-state index contributed by atoms with van der Waals surface area (Å²) in [5.74, 6) is -0.135. The van der Waals surface area contributed by atoms with Gasteiger partial charge in [-0.05, 0) is 6.92 Å². The molecule has 0 aliphatic heterocycles. The normalized spacial score (nSPS) is 12.2. The van der Waals surface area contributed by atoms with E-state index in [0.717, 1.165) is 0 Å². The Labute approximate surface area is 82.9 Å². The van der Waals surface area contributed by atoms with Crippen molar-refractivity contribution >= 4 is 18.4 Å². The van der Waals surface area contributed by atoms with Crippen LogP contribution >= 0.6 is 12.6 Å². The van der Waals surface area contributed by atoms with Gasteiger partial charge in [-0.15, -0.1) is 12.6 Å². The molecule has 1 rings (SSSR count). The number of benzene rings is 1. The lowest BCUT2D eigenvalue weighted by molar-refractivity contribution is 0.104. The van der Waals surface area contributed by atoms with E-state index in [2.05, 4.69) is 12.6 Å². The molecule has 0 aromatic heterocycles. The van der Waals surface area contributed by atoms with Gasteiger partial charge in [0.05, 0.1) is 4.91 Å². The summed E-state index contributed by atoms with van der Waals surface area (Å²) in [7, 11) is 0. The van der Waals surface area contributed by atoms with Crippen LogP contribution in [0.3, 0.4) is 0 Å². The molecule has 0 unspecified atom stereocenters. The minimum absolute atomic E-state index is 0.135. The minimum atomic E-state index is -0.135. The summed E-state index contributed by atoms with van der Waals surface area (Å²) in [6.45, 7) is 1.66. The summed E-state index contributed by atoms with van der Waals surface area (Å²) in [6.07, 6.45) is 0. The van der Waals surface area contributed by atoms with Crippen molar-refractivity contribution < 1.29 is 4.79 Å². The molecule has 1 aromatic rings. The number of nitrogens with two attached hydrogens (primary N) is 1. The lowest BCUT2D eigenvalue weighted by Gasteiger charge is -2.01. The fraction of sp³-hybridized carbons (Fsp3) is 0.100. The van der Waals surface area contributed by atoms with Gasteiger partial charge in [-0.3, -0.25) is 4.79 Å². The van der Waals surface area contributed by atoms with Gasteiger partial charge in [0.2, 0.25) is 5.78 Å². The largest absolute Gasteiger partial charge is 0.401 e. The Balaban J connectivity index is 3.00. The minimum Gasteiger partial charge on any atom is -0.401 e.